The molecule has 3 aromatic rings. The van der Waals surface area contributed by atoms with E-state index in [9.17, 15) is 18.0 Å². The second-order valence-electron chi connectivity index (χ2n) is 6.12. The van der Waals surface area contributed by atoms with E-state index in [0.717, 1.165) is 23.3 Å². The molecule has 1 aromatic heterocycles. The van der Waals surface area contributed by atoms with Gasteiger partial charge in [-0.3, -0.25) is 4.79 Å². The van der Waals surface area contributed by atoms with E-state index in [-0.39, 0.29) is 24.4 Å². The Morgan fingerprint density at radius 2 is 2.00 bits per heavy atom. The number of nitrogens with zero attached hydrogens (tertiary/aromatic N) is 2. The molecule has 0 aliphatic carbocycles. The zero-order valence-electron chi connectivity index (χ0n) is 14.7. The summed E-state index contributed by atoms with van der Waals surface area (Å²) in [4.78, 5) is 16.3. The quantitative estimate of drug-likeness (QED) is 0.621. The summed E-state index contributed by atoms with van der Waals surface area (Å²) < 4.78 is 43.8. The Kier molecular flexibility index (Phi) is 5.69. The zero-order chi connectivity index (χ0) is 20.3. The summed E-state index contributed by atoms with van der Waals surface area (Å²) >= 11 is 5.56. The second kappa shape index (κ2) is 8.02. The fourth-order valence-electron chi connectivity index (χ4n) is 2.52. The lowest BCUT2D eigenvalue weighted by atomic mass is 10.1. The number of rotatable bonds is 5. The fourth-order valence-corrected chi connectivity index (χ4v) is 2.75. The minimum absolute atomic E-state index is 0.00713. The van der Waals surface area contributed by atoms with Gasteiger partial charge in [-0.05, 0) is 31.2 Å². The number of amides is 1. The molecule has 0 saturated carbocycles. The summed E-state index contributed by atoms with van der Waals surface area (Å²) in [5.74, 6) is 0.191. The summed E-state index contributed by atoms with van der Waals surface area (Å²) in [6.07, 6.45) is -4.47. The van der Waals surface area contributed by atoms with Crippen molar-refractivity contribution in [3.63, 3.8) is 0 Å². The molecule has 9 heteroatoms. The summed E-state index contributed by atoms with van der Waals surface area (Å²) in [6.45, 7) is 1.94. The van der Waals surface area contributed by atoms with E-state index in [2.05, 4.69) is 15.5 Å². The molecule has 3 rings (SSSR count). The predicted molar refractivity (Wildman–Crippen MR) is 97.9 cm³/mol. The maximum absolute atomic E-state index is 12.9. The largest absolute Gasteiger partial charge is 0.417 e. The molecular formula is C19H15ClF3N3O2. The molecule has 1 heterocycles. The average Bonchev–Trinajstić information content (AvgIpc) is 3.10. The van der Waals surface area contributed by atoms with Crippen LogP contribution in [0, 0.1) is 6.92 Å². The average molecular weight is 410 g/mol. The van der Waals surface area contributed by atoms with Crippen LogP contribution in [0.5, 0.6) is 0 Å². The van der Waals surface area contributed by atoms with Crippen LogP contribution in [0.25, 0.3) is 11.4 Å². The van der Waals surface area contributed by atoms with Crippen molar-refractivity contribution in [2.45, 2.75) is 25.9 Å². The van der Waals surface area contributed by atoms with Gasteiger partial charge in [-0.2, -0.15) is 18.2 Å². The number of carbonyl (C=O) groups is 1. The zero-order valence-corrected chi connectivity index (χ0v) is 15.4. The predicted octanol–water partition coefficient (Wildman–Crippen LogP) is 5.29. The summed E-state index contributed by atoms with van der Waals surface area (Å²) in [6, 6.07) is 10.7. The van der Waals surface area contributed by atoms with Gasteiger partial charge in [0.15, 0.2) is 0 Å². The molecule has 0 fully saturated rings. The minimum atomic E-state index is -4.60. The Morgan fingerprint density at radius 1 is 1.21 bits per heavy atom. The summed E-state index contributed by atoms with van der Waals surface area (Å²) in [7, 11) is 0. The number of carbonyl (C=O) groups excluding carboxylic acids is 1. The van der Waals surface area contributed by atoms with Gasteiger partial charge in [0.1, 0.15) is 0 Å². The molecule has 0 aliphatic rings. The fraction of sp³-hybridized carbons (Fsp3) is 0.211. The number of anilines is 1. The van der Waals surface area contributed by atoms with Crippen LogP contribution in [-0.4, -0.2) is 16.0 Å². The standard InChI is InChI=1S/C19H15ClF3N3O2/c1-11-3-2-4-12(9-11)18-25-17(28-26-18)8-7-16(27)24-13-5-6-15(20)14(10-13)19(21,22)23/h2-6,9-10H,7-8H2,1H3,(H,24,27). The van der Waals surface area contributed by atoms with E-state index in [1.807, 2.05) is 31.2 Å². The number of nitrogens with one attached hydrogen (secondary N) is 1. The molecule has 5 nitrogen and oxygen atoms in total. The van der Waals surface area contributed by atoms with Crippen LogP contribution in [0.2, 0.25) is 5.02 Å². The molecule has 0 unspecified atom stereocenters. The van der Waals surface area contributed by atoms with Gasteiger partial charge in [0, 0.05) is 24.1 Å². The van der Waals surface area contributed by atoms with Gasteiger partial charge >= 0.3 is 6.18 Å². The molecule has 1 N–H and O–H groups in total. The highest BCUT2D eigenvalue weighted by Crippen LogP contribution is 2.36. The molecule has 0 saturated heterocycles. The molecule has 146 valence electrons. The Hall–Kier alpha value is -2.87. The van der Waals surface area contributed by atoms with E-state index in [0.29, 0.717) is 5.82 Å². The maximum Gasteiger partial charge on any atom is 0.417 e. The van der Waals surface area contributed by atoms with Crippen molar-refractivity contribution in [1.82, 2.24) is 10.1 Å². The summed E-state index contributed by atoms with van der Waals surface area (Å²) in [5.41, 5.74) is 0.837. The number of benzene rings is 2. The van der Waals surface area contributed by atoms with Crippen molar-refractivity contribution in [1.29, 1.82) is 0 Å². The van der Waals surface area contributed by atoms with E-state index in [4.69, 9.17) is 16.1 Å². The smallest absolute Gasteiger partial charge is 0.339 e. The van der Waals surface area contributed by atoms with Crippen molar-refractivity contribution in [3.8, 4) is 11.4 Å². The van der Waals surface area contributed by atoms with Gasteiger partial charge in [-0.15, -0.1) is 0 Å². The van der Waals surface area contributed by atoms with E-state index in [1.165, 1.54) is 6.07 Å². The van der Waals surface area contributed by atoms with Crippen LogP contribution in [0.15, 0.2) is 47.0 Å². The minimum Gasteiger partial charge on any atom is -0.339 e. The molecule has 0 radical (unpaired) electrons. The van der Waals surface area contributed by atoms with Gasteiger partial charge in [0.2, 0.25) is 17.6 Å². The molecule has 0 spiro atoms. The highest BCUT2D eigenvalue weighted by Gasteiger charge is 2.33. The van der Waals surface area contributed by atoms with Gasteiger partial charge in [0.05, 0.1) is 10.6 Å². The number of hydrogen-bond acceptors (Lipinski definition) is 4. The van der Waals surface area contributed by atoms with Crippen molar-refractivity contribution in [2.24, 2.45) is 0 Å². The van der Waals surface area contributed by atoms with Crippen molar-refractivity contribution in [3.05, 3.63) is 64.5 Å². The van der Waals surface area contributed by atoms with Crippen LogP contribution in [0.3, 0.4) is 0 Å². The Labute approximate surface area is 163 Å². The number of aromatic nitrogens is 2. The third-order valence-corrected chi connectivity index (χ3v) is 4.20. The molecule has 0 bridgehead atoms. The maximum atomic E-state index is 12.9. The molecule has 0 atom stereocenters. The lowest BCUT2D eigenvalue weighted by molar-refractivity contribution is -0.137. The van der Waals surface area contributed by atoms with Gasteiger partial charge in [-0.1, -0.05) is 40.5 Å². The third-order valence-electron chi connectivity index (χ3n) is 3.87. The highest BCUT2D eigenvalue weighted by molar-refractivity contribution is 6.31. The SMILES string of the molecule is Cc1cccc(-c2noc(CCC(=O)Nc3ccc(Cl)c(C(F)(F)F)c3)n2)c1. The monoisotopic (exact) mass is 409 g/mol. The molecule has 28 heavy (non-hydrogen) atoms. The number of halogens is 4. The first-order valence-corrected chi connectivity index (χ1v) is 8.66. The lowest BCUT2D eigenvalue weighted by Crippen LogP contribution is -2.14. The highest BCUT2D eigenvalue weighted by atomic mass is 35.5. The molecule has 2 aromatic carbocycles. The van der Waals surface area contributed by atoms with Crippen LogP contribution < -0.4 is 5.32 Å². The van der Waals surface area contributed by atoms with Gasteiger partial charge < -0.3 is 9.84 Å². The first-order chi connectivity index (χ1) is 13.2. The van der Waals surface area contributed by atoms with Crippen molar-refractivity contribution < 1.29 is 22.5 Å². The summed E-state index contributed by atoms with van der Waals surface area (Å²) in [5, 5.41) is 5.86. The van der Waals surface area contributed by atoms with E-state index >= 15 is 0 Å². The third kappa shape index (κ3) is 4.89. The number of alkyl halides is 3. The van der Waals surface area contributed by atoms with Crippen molar-refractivity contribution in [2.75, 3.05) is 5.32 Å². The lowest BCUT2D eigenvalue weighted by Gasteiger charge is -2.11. The van der Waals surface area contributed by atoms with Gasteiger partial charge in [-0.25, -0.2) is 0 Å². The van der Waals surface area contributed by atoms with Crippen LogP contribution in [0.4, 0.5) is 18.9 Å². The van der Waals surface area contributed by atoms with Crippen LogP contribution >= 0.6 is 11.6 Å². The molecule has 0 aliphatic heterocycles. The van der Waals surface area contributed by atoms with Gasteiger partial charge in [0.25, 0.3) is 0 Å². The first-order valence-electron chi connectivity index (χ1n) is 8.28. The Morgan fingerprint density at radius 3 is 2.71 bits per heavy atom. The van der Waals surface area contributed by atoms with E-state index < -0.39 is 22.7 Å². The van der Waals surface area contributed by atoms with Crippen molar-refractivity contribution >= 4 is 23.2 Å². The van der Waals surface area contributed by atoms with E-state index in [1.54, 1.807) is 0 Å². The molecular weight excluding hydrogens is 395 g/mol. The second-order valence-corrected chi connectivity index (χ2v) is 6.53. The number of aryl methyl sites for hydroxylation is 2. The van der Waals surface area contributed by atoms with Crippen LogP contribution in [-0.2, 0) is 17.4 Å². The molecule has 1 amide bonds. The Bertz CT molecular complexity index is 1000. The number of hydrogen-bond donors (Lipinski definition) is 1. The normalized spacial score (nSPS) is 11.5. The topological polar surface area (TPSA) is 68.0 Å². The first kappa shape index (κ1) is 19.9. The van der Waals surface area contributed by atoms with Crippen LogP contribution in [0.1, 0.15) is 23.4 Å². The Balaban J connectivity index is 1.61.